The van der Waals surface area contributed by atoms with Crippen molar-refractivity contribution in [2.75, 3.05) is 53.4 Å². The number of hydrogen-bond acceptors (Lipinski definition) is 4. The van der Waals surface area contributed by atoms with Gasteiger partial charge in [0.1, 0.15) is 10.6 Å². The lowest BCUT2D eigenvalue weighted by atomic mass is 10.2. The number of nitrogens with zero attached hydrogens (tertiary/aromatic N) is 2. The highest BCUT2D eigenvalue weighted by molar-refractivity contribution is 7.89. The molecule has 7 nitrogen and oxygen atoms in total. The Morgan fingerprint density at radius 3 is 2.43 bits per heavy atom. The lowest BCUT2D eigenvalue weighted by molar-refractivity contribution is -0.883. The monoisotopic (exact) mass is 408 g/mol. The third-order valence-electron chi connectivity index (χ3n) is 5.47. The minimum Gasteiger partial charge on any atom is -0.495 e. The molecule has 1 N–H and O–H groups in total. The maximum atomic E-state index is 13.1. The molecule has 0 unspecified atom stereocenters. The van der Waals surface area contributed by atoms with Crippen LogP contribution in [-0.4, -0.2) is 77.0 Å². The number of methoxy groups -OCH3 is 1. The van der Waals surface area contributed by atoms with E-state index in [2.05, 4.69) is 7.05 Å². The van der Waals surface area contributed by atoms with Gasteiger partial charge in [0.25, 0.3) is 0 Å². The van der Waals surface area contributed by atoms with E-state index in [4.69, 9.17) is 4.74 Å². The molecule has 154 valence electrons. The molecular formula is C20H30N3O4S+. The van der Waals surface area contributed by atoms with E-state index in [9.17, 15) is 13.2 Å². The predicted octanol–water partition coefficient (Wildman–Crippen LogP) is 0.240. The zero-order valence-corrected chi connectivity index (χ0v) is 17.5. The van der Waals surface area contributed by atoms with E-state index in [1.165, 1.54) is 22.4 Å². The van der Waals surface area contributed by atoms with Crippen molar-refractivity contribution in [2.24, 2.45) is 0 Å². The quantitative estimate of drug-likeness (QED) is 0.709. The Kier molecular flexibility index (Phi) is 6.74. The molecule has 2 aliphatic rings. The Morgan fingerprint density at radius 2 is 1.79 bits per heavy atom. The molecule has 0 radical (unpaired) electrons. The van der Waals surface area contributed by atoms with Crippen molar-refractivity contribution >= 4 is 22.0 Å². The molecule has 1 amide bonds. The molecule has 2 heterocycles. The van der Waals surface area contributed by atoms with Gasteiger partial charge < -0.3 is 14.5 Å². The van der Waals surface area contributed by atoms with Crippen molar-refractivity contribution in [3.8, 4) is 5.75 Å². The largest absolute Gasteiger partial charge is 0.495 e. The summed E-state index contributed by atoms with van der Waals surface area (Å²) in [5.41, 5.74) is 0.671. The normalized spacial score (nSPS) is 19.9. The fraction of sp³-hybridized carbons (Fsp3) is 0.550. The van der Waals surface area contributed by atoms with Crippen LogP contribution in [0.1, 0.15) is 24.8 Å². The van der Waals surface area contributed by atoms with Gasteiger partial charge in [0, 0.05) is 19.2 Å². The molecule has 0 spiro atoms. The fourth-order valence-corrected chi connectivity index (χ4v) is 5.33. The number of amides is 1. The summed E-state index contributed by atoms with van der Waals surface area (Å²) in [6.07, 6.45) is 6.02. The molecule has 3 rings (SSSR count). The molecule has 2 aliphatic heterocycles. The smallest absolute Gasteiger partial charge is 0.246 e. The van der Waals surface area contributed by atoms with E-state index in [0.29, 0.717) is 24.4 Å². The maximum absolute atomic E-state index is 13.1. The van der Waals surface area contributed by atoms with Crippen LogP contribution in [0.4, 0.5) is 0 Å². The first kappa shape index (κ1) is 20.8. The second-order valence-corrected chi connectivity index (χ2v) is 9.40. The molecule has 2 saturated heterocycles. The van der Waals surface area contributed by atoms with Crippen LogP contribution in [0, 0.1) is 0 Å². The SMILES string of the molecule is COc1ccc(C=CC(=O)N2CC[NH+](C)CC2)cc1S(=O)(=O)N1CCCCC1. The van der Waals surface area contributed by atoms with Crippen LogP contribution < -0.4 is 9.64 Å². The molecule has 28 heavy (non-hydrogen) atoms. The summed E-state index contributed by atoms with van der Waals surface area (Å²) in [6.45, 7) is 4.45. The van der Waals surface area contributed by atoms with Gasteiger partial charge in [-0.3, -0.25) is 4.79 Å². The highest BCUT2D eigenvalue weighted by atomic mass is 32.2. The Labute approximate surface area is 167 Å². The third kappa shape index (κ3) is 4.74. The van der Waals surface area contributed by atoms with Crippen LogP contribution in [0.3, 0.4) is 0 Å². The summed E-state index contributed by atoms with van der Waals surface area (Å²) in [7, 11) is -0.0206. The number of hydrogen-bond donors (Lipinski definition) is 1. The van der Waals surface area contributed by atoms with Crippen molar-refractivity contribution in [1.29, 1.82) is 0 Å². The van der Waals surface area contributed by atoms with Crippen LogP contribution in [0.25, 0.3) is 6.08 Å². The van der Waals surface area contributed by atoms with Gasteiger partial charge in [0.2, 0.25) is 15.9 Å². The Balaban J connectivity index is 1.79. The van der Waals surface area contributed by atoms with Crippen LogP contribution in [0.5, 0.6) is 5.75 Å². The van der Waals surface area contributed by atoms with Gasteiger partial charge in [-0.25, -0.2) is 8.42 Å². The van der Waals surface area contributed by atoms with Gasteiger partial charge in [-0.1, -0.05) is 12.5 Å². The average Bonchev–Trinajstić information content (AvgIpc) is 2.73. The average molecular weight is 409 g/mol. The number of carbonyl (C=O) groups excluding carboxylic acids is 1. The number of benzene rings is 1. The summed E-state index contributed by atoms with van der Waals surface area (Å²) < 4.78 is 33.0. The summed E-state index contributed by atoms with van der Waals surface area (Å²) in [4.78, 5) is 15.8. The van der Waals surface area contributed by atoms with Gasteiger partial charge in [0.05, 0.1) is 40.3 Å². The summed E-state index contributed by atoms with van der Waals surface area (Å²) >= 11 is 0. The minimum absolute atomic E-state index is 0.0382. The van der Waals surface area contributed by atoms with Crippen molar-refractivity contribution in [1.82, 2.24) is 9.21 Å². The number of piperidine rings is 1. The second kappa shape index (κ2) is 9.07. The van der Waals surface area contributed by atoms with Crippen LogP contribution in [0.15, 0.2) is 29.2 Å². The van der Waals surface area contributed by atoms with Crippen molar-refractivity contribution in [3.63, 3.8) is 0 Å². The van der Waals surface area contributed by atoms with Gasteiger partial charge in [-0.2, -0.15) is 4.31 Å². The highest BCUT2D eigenvalue weighted by Crippen LogP contribution is 2.30. The van der Waals surface area contributed by atoms with Crippen molar-refractivity contribution in [2.45, 2.75) is 24.2 Å². The maximum Gasteiger partial charge on any atom is 0.246 e. The number of quaternary nitrogens is 1. The van der Waals surface area contributed by atoms with Crippen LogP contribution in [0.2, 0.25) is 0 Å². The zero-order chi connectivity index (χ0) is 20.1. The molecule has 0 saturated carbocycles. The summed E-state index contributed by atoms with van der Waals surface area (Å²) in [6, 6.07) is 5.02. The first-order valence-electron chi connectivity index (χ1n) is 9.88. The lowest BCUT2D eigenvalue weighted by Gasteiger charge is -2.29. The number of nitrogens with one attached hydrogen (secondary N) is 1. The number of piperazine rings is 1. The molecule has 0 aromatic heterocycles. The van der Waals surface area contributed by atoms with Gasteiger partial charge in [0.15, 0.2) is 0 Å². The van der Waals surface area contributed by atoms with Gasteiger partial charge in [-0.15, -0.1) is 0 Å². The zero-order valence-electron chi connectivity index (χ0n) is 16.7. The topological polar surface area (TPSA) is 71.4 Å². The molecule has 1 aromatic rings. The van der Waals surface area contributed by atoms with E-state index in [-0.39, 0.29) is 10.8 Å². The number of carbonyl (C=O) groups is 1. The van der Waals surface area contributed by atoms with Crippen molar-refractivity contribution in [3.05, 3.63) is 29.8 Å². The second-order valence-electron chi connectivity index (χ2n) is 7.49. The van der Waals surface area contributed by atoms with Gasteiger partial charge in [-0.05, 0) is 36.6 Å². The first-order valence-corrected chi connectivity index (χ1v) is 11.3. The number of ether oxygens (including phenoxy) is 1. The van der Waals surface area contributed by atoms with E-state index in [0.717, 1.165) is 45.4 Å². The fourth-order valence-electron chi connectivity index (χ4n) is 3.62. The third-order valence-corrected chi connectivity index (χ3v) is 7.39. The highest BCUT2D eigenvalue weighted by Gasteiger charge is 2.29. The van der Waals surface area contributed by atoms with E-state index < -0.39 is 10.0 Å². The molecule has 8 heteroatoms. The Morgan fingerprint density at radius 1 is 1.11 bits per heavy atom. The molecule has 2 fully saturated rings. The van der Waals surface area contributed by atoms with Gasteiger partial charge >= 0.3 is 0 Å². The molecule has 0 bridgehead atoms. The number of sulfonamides is 1. The number of rotatable bonds is 5. The van der Waals surface area contributed by atoms with Crippen molar-refractivity contribution < 1.29 is 22.8 Å². The number of likely N-dealkylation sites (N-methyl/N-ethyl adjacent to an activating group) is 1. The van der Waals surface area contributed by atoms with E-state index >= 15 is 0 Å². The summed E-state index contributed by atoms with van der Waals surface area (Å²) in [5.74, 6) is 0.292. The Hall–Kier alpha value is -1.90. The standard InChI is InChI=1S/C20H29N3O4S/c1-21-12-14-22(15-13-21)20(24)9-7-17-6-8-18(27-2)19(16-17)28(25,26)23-10-4-3-5-11-23/h6-9,16H,3-5,10-15H2,1-2H3/p+1. The predicted molar refractivity (Wildman–Crippen MR) is 108 cm³/mol. The van der Waals surface area contributed by atoms with E-state index in [1.807, 2.05) is 4.90 Å². The van der Waals surface area contributed by atoms with E-state index in [1.54, 1.807) is 24.3 Å². The summed E-state index contributed by atoms with van der Waals surface area (Å²) in [5, 5.41) is 0. The molecule has 0 aliphatic carbocycles. The molecule has 0 atom stereocenters. The molecular weight excluding hydrogens is 378 g/mol. The molecule has 1 aromatic carbocycles. The van der Waals surface area contributed by atoms with Crippen LogP contribution >= 0.6 is 0 Å². The first-order chi connectivity index (χ1) is 13.4. The minimum atomic E-state index is -3.62. The lowest BCUT2D eigenvalue weighted by Crippen LogP contribution is -3.12. The Bertz CT molecular complexity index is 824. The van der Waals surface area contributed by atoms with Crippen LogP contribution in [-0.2, 0) is 14.8 Å².